The van der Waals surface area contributed by atoms with Crippen LogP contribution in [0.4, 0.5) is 5.69 Å². The Morgan fingerprint density at radius 1 is 1.22 bits per heavy atom. The average Bonchev–Trinajstić information content (AvgIpc) is 2.94. The number of carbonyl (C=O) groups excluding carboxylic acids is 2. The van der Waals surface area contributed by atoms with E-state index in [4.69, 9.17) is 0 Å². The van der Waals surface area contributed by atoms with Crippen molar-refractivity contribution in [2.75, 3.05) is 4.90 Å². The van der Waals surface area contributed by atoms with Crippen molar-refractivity contribution in [3.63, 3.8) is 0 Å². The maximum absolute atomic E-state index is 12.0. The van der Waals surface area contributed by atoms with Crippen LogP contribution in [0.1, 0.15) is 15.9 Å². The molecule has 1 aromatic heterocycles. The number of benzene rings is 1. The van der Waals surface area contributed by atoms with Gasteiger partial charge in [0.2, 0.25) is 0 Å². The van der Waals surface area contributed by atoms with Crippen LogP contribution in [0.2, 0.25) is 0 Å². The third-order valence-corrected chi connectivity index (χ3v) is 4.23. The van der Waals surface area contributed by atoms with Crippen LogP contribution < -0.4 is 4.90 Å². The van der Waals surface area contributed by atoms with Crippen molar-refractivity contribution in [3.8, 4) is 0 Å². The minimum atomic E-state index is -0.455. The lowest BCUT2D eigenvalue weighted by atomic mass is 10.1. The van der Waals surface area contributed by atoms with Crippen molar-refractivity contribution in [1.82, 2.24) is 0 Å². The SMILES string of the molecule is O=C1C(=O)N(Cc2ccsc2)c2c(Br)cccc21. The summed E-state index contributed by atoms with van der Waals surface area (Å²) in [6.07, 6.45) is 0. The fraction of sp³-hybridized carbons (Fsp3) is 0.0769. The van der Waals surface area contributed by atoms with E-state index in [-0.39, 0.29) is 0 Å². The van der Waals surface area contributed by atoms with Gasteiger partial charge in [-0.05, 0) is 50.5 Å². The van der Waals surface area contributed by atoms with Crippen LogP contribution in [0, 0.1) is 0 Å². The fourth-order valence-electron chi connectivity index (χ4n) is 2.03. The summed E-state index contributed by atoms with van der Waals surface area (Å²) in [5.41, 5.74) is 2.19. The number of fused-ring (bicyclic) bond motifs is 1. The summed E-state index contributed by atoms with van der Waals surface area (Å²) in [4.78, 5) is 25.4. The molecular weight excluding hydrogens is 314 g/mol. The molecule has 1 amide bonds. The van der Waals surface area contributed by atoms with Gasteiger partial charge in [-0.2, -0.15) is 11.3 Å². The van der Waals surface area contributed by atoms with E-state index in [1.54, 1.807) is 23.5 Å². The molecule has 18 heavy (non-hydrogen) atoms. The van der Waals surface area contributed by atoms with Gasteiger partial charge in [0, 0.05) is 4.47 Å². The molecule has 1 aliphatic heterocycles. The highest BCUT2D eigenvalue weighted by atomic mass is 79.9. The van der Waals surface area contributed by atoms with E-state index in [1.807, 2.05) is 22.9 Å². The third-order valence-electron chi connectivity index (χ3n) is 2.86. The molecule has 90 valence electrons. The Kier molecular flexibility index (Phi) is 2.80. The number of carbonyl (C=O) groups is 2. The Labute approximate surface area is 116 Å². The maximum Gasteiger partial charge on any atom is 0.299 e. The van der Waals surface area contributed by atoms with E-state index in [9.17, 15) is 9.59 Å². The molecule has 1 aromatic carbocycles. The van der Waals surface area contributed by atoms with E-state index in [1.165, 1.54) is 4.90 Å². The second-order valence-electron chi connectivity index (χ2n) is 3.99. The van der Waals surface area contributed by atoms with Gasteiger partial charge in [-0.3, -0.25) is 14.5 Å². The lowest BCUT2D eigenvalue weighted by Gasteiger charge is -2.16. The molecule has 0 saturated carbocycles. The Hall–Kier alpha value is -1.46. The van der Waals surface area contributed by atoms with Gasteiger partial charge in [0.25, 0.3) is 11.7 Å². The summed E-state index contributed by atoms with van der Waals surface area (Å²) in [5, 5.41) is 3.94. The number of para-hydroxylation sites is 1. The zero-order chi connectivity index (χ0) is 12.7. The van der Waals surface area contributed by atoms with E-state index in [0.717, 1.165) is 10.0 Å². The summed E-state index contributed by atoms with van der Waals surface area (Å²) in [6, 6.07) is 7.25. The topological polar surface area (TPSA) is 37.4 Å². The molecule has 0 spiro atoms. The minimum Gasteiger partial charge on any atom is -0.299 e. The van der Waals surface area contributed by atoms with Crippen molar-refractivity contribution in [3.05, 3.63) is 50.6 Å². The highest BCUT2D eigenvalue weighted by molar-refractivity contribution is 9.10. The Bertz CT molecular complexity index is 636. The first-order valence-corrected chi connectivity index (χ1v) is 7.08. The third kappa shape index (κ3) is 1.71. The molecule has 0 radical (unpaired) electrons. The number of hydrogen-bond donors (Lipinski definition) is 0. The zero-order valence-electron chi connectivity index (χ0n) is 9.22. The van der Waals surface area contributed by atoms with Gasteiger partial charge in [0.1, 0.15) is 0 Å². The smallest absolute Gasteiger partial charge is 0.299 e. The number of hydrogen-bond acceptors (Lipinski definition) is 3. The normalized spacial score (nSPS) is 14.2. The molecule has 0 bridgehead atoms. The van der Waals surface area contributed by atoms with Gasteiger partial charge < -0.3 is 0 Å². The molecule has 2 heterocycles. The van der Waals surface area contributed by atoms with E-state index in [2.05, 4.69) is 15.9 Å². The number of amides is 1. The number of rotatable bonds is 2. The van der Waals surface area contributed by atoms with Crippen molar-refractivity contribution >= 4 is 44.6 Å². The average molecular weight is 322 g/mol. The van der Waals surface area contributed by atoms with E-state index in [0.29, 0.717) is 17.8 Å². The van der Waals surface area contributed by atoms with E-state index >= 15 is 0 Å². The Balaban J connectivity index is 2.07. The summed E-state index contributed by atoms with van der Waals surface area (Å²) in [7, 11) is 0. The largest absolute Gasteiger partial charge is 0.299 e. The van der Waals surface area contributed by atoms with E-state index < -0.39 is 11.7 Å². The predicted octanol–water partition coefficient (Wildman–Crippen LogP) is 3.24. The molecule has 0 atom stereocenters. The lowest BCUT2D eigenvalue weighted by molar-refractivity contribution is -0.114. The van der Waals surface area contributed by atoms with Crippen molar-refractivity contribution in [2.45, 2.75) is 6.54 Å². The van der Waals surface area contributed by atoms with Gasteiger partial charge in [-0.15, -0.1) is 0 Å². The van der Waals surface area contributed by atoms with Crippen molar-refractivity contribution < 1.29 is 9.59 Å². The number of ketones is 1. The first kappa shape index (κ1) is 11.6. The predicted molar refractivity (Wildman–Crippen MR) is 74.0 cm³/mol. The zero-order valence-corrected chi connectivity index (χ0v) is 11.6. The van der Waals surface area contributed by atoms with Crippen LogP contribution in [0.5, 0.6) is 0 Å². The molecule has 1 aliphatic rings. The molecule has 3 nitrogen and oxygen atoms in total. The number of anilines is 1. The highest BCUT2D eigenvalue weighted by Gasteiger charge is 2.37. The van der Waals surface area contributed by atoms with Crippen LogP contribution in [0.15, 0.2) is 39.5 Å². The molecular formula is C13H8BrNO2S. The Morgan fingerprint density at radius 2 is 2.06 bits per heavy atom. The van der Waals surface area contributed by atoms with Gasteiger partial charge >= 0.3 is 0 Å². The molecule has 0 aliphatic carbocycles. The van der Waals surface area contributed by atoms with Gasteiger partial charge in [-0.1, -0.05) is 6.07 Å². The number of halogens is 1. The second-order valence-corrected chi connectivity index (χ2v) is 5.62. The summed E-state index contributed by atoms with van der Waals surface area (Å²) in [5.74, 6) is -0.885. The maximum atomic E-state index is 12.0. The molecule has 3 rings (SSSR count). The highest BCUT2D eigenvalue weighted by Crippen LogP contribution is 2.36. The molecule has 0 N–H and O–H groups in total. The van der Waals surface area contributed by atoms with Gasteiger partial charge in [-0.25, -0.2) is 0 Å². The molecule has 0 unspecified atom stereocenters. The summed E-state index contributed by atoms with van der Waals surface area (Å²) >= 11 is 4.98. The van der Waals surface area contributed by atoms with Crippen LogP contribution in [-0.2, 0) is 11.3 Å². The monoisotopic (exact) mass is 321 g/mol. The number of thiophene rings is 1. The molecule has 5 heteroatoms. The molecule has 0 fully saturated rings. The first-order valence-electron chi connectivity index (χ1n) is 5.34. The Morgan fingerprint density at radius 3 is 2.78 bits per heavy atom. The first-order chi connectivity index (χ1) is 8.68. The molecule has 0 saturated heterocycles. The van der Waals surface area contributed by atoms with Crippen molar-refractivity contribution in [2.24, 2.45) is 0 Å². The summed E-state index contributed by atoms with van der Waals surface area (Å²) < 4.78 is 0.773. The fourth-order valence-corrected chi connectivity index (χ4v) is 3.27. The lowest BCUT2D eigenvalue weighted by Crippen LogP contribution is -2.29. The molecule has 2 aromatic rings. The summed E-state index contributed by atoms with van der Waals surface area (Å²) in [6.45, 7) is 0.434. The quantitative estimate of drug-likeness (QED) is 0.796. The number of Topliss-reactive ketones (excluding diaryl/α,β-unsaturated/α-hetero) is 1. The standard InChI is InChI=1S/C13H8BrNO2S/c14-10-3-1-2-9-11(10)15(13(17)12(9)16)6-8-4-5-18-7-8/h1-5,7H,6H2. The van der Waals surface area contributed by atoms with Gasteiger partial charge in [0.15, 0.2) is 0 Å². The van der Waals surface area contributed by atoms with Crippen LogP contribution >= 0.6 is 27.3 Å². The van der Waals surface area contributed by atoms with Gasteiger partial charge in [0.05, 0.1) is 17.8 Å². The van der Waals surface area contributed by atoms with Crippen LogP contribution in [-0.4, -0.2) is 11.7 Å². The van der Waals surface area contributed by atoms with Crippen LogP contribution in [0.25, 0.3) is 0 Å². The van der Waals surface area contributed by atoms with Crippen molar-refractivity contribution in [1.29, 1.82) is 0 Å². The number of nitrogens with zero attached hydrogens (tertiary/aromatic N) is 1. The minimum absolute atomic E-state index is 0.429. The van der Waals surface area contributed by atoms with Crippen LogP contribution in [0.3, 0.4) is 0 Å². The second kappa shape index (κ2) is 4.33.